The third-order valence-electron chi connectivity index (χ3n) is 3.53. The summed E-state index contributed by atoms with van der Waals surface area (Å²) in [5, 5.41) is 2.89. The molecule has 0 spiro atoms. The normalized spacial score (nSPS) is 11.0. The van der Waals surface area contributed by atoms with Crippen LogP contribution in [0.5, 0.6) is 0 Å². The van der Waals surface area contributed by atoms with Crippen molar-refractivity contribution in [1.82, 2.24) is 9.97 Å². The number of nitrogens with zero attached hydrogens (tertiary/aromatic N) is 2. The highest BCUT2D eigenvalue weighted by Crippen LogP contribution is 2.25. The van der Waals surface area contributed by atoms with Gasteiger partial charge in [-0.25, -0.2) is 13.4 Å². The van der Waals surface area contributed by atoms with Gasteiger partial charge in [-0.05, 0) is 37.3 Å². The van der Waals surface area contributed by atoms with Crippen LogP contribution in [0.2, 0.25) is 5.02 Å². The van der Waals surface area contributed by atoms with Crippen LogP contribution in [0.4, 0.5) is 11.4 Å². The lowest BCUT2D eigenvalue weighted by molar-refractivity contribution is 0.102. The van der Waals surface area contributed by atoms with E-state index in [2.05, 4.69) is 20.0 Å². The van der Waals surface area contributed by atoms with Crippen molar-refractivity contribution in [2.45, 2.75) is 11.8 Å². The molecule has 1 heterocycles. The maximum atomic E-state index is 12.6. The molecule has 9 heteroatoms. The zero-order valence-corrected chi connectivity index (χ0v) is 15.8. The Morgan fingerprint density at radius 2 is 1.81 bits per heavy atom. The molecule has 0 unspecified atom stereocenters. The maximum Gasteiger partial charge on any atom is 0.275 e. The van der Waals surface area contributed by atoms with E-state index in [1.165, 1.54) is 30.6 Å². The van der Waals surface area contributed by atoms with Gasteiger partial charge in [0.05, 0.1) is 27.5 Å². The number of carbonyl (C=O) groups excluding carboxylic acids is 1. The predicted molar refractivity (Wildman–Crippen MR) is 103 cm³/mol. The van der Waals surface area contributed by atoms with E-state index in [1.54, 1.807) is 37.3 Å². The Labute approximate surface area is 161 Å². The van der Waals surface area contributed by atoms with E-state index in [4.69, 9.17) is 11.6 Å². The van der Waals surface area contributed by atoms with Gasteiger partial charge in [0.2, 0.25) is 0 Å². The number of nitrogens with one attached hydrogen (secondary N) is 2. The highest BCUT2D eigenvalue weighted by Gasteiger charge is 2.17. The average molecular weight is 403 g/mol. The minimum atomic E-state index is -3.88. The molecule has 0 atom stereocenters. The molecule has 1 aromatic heterocycles. The summed E-state index contributed by atoms with van der Waals surface area (Å²) in [5.74, 6) is -0.490. The van der Waals surface area contributed by atoms with Gasteiger partial charge in [-0.15, -0.1) is 0 Å². The lowest BCUT2D eigenvalue weighted by atomic mass is 10.3. The van der Waals surface area contributed by atoms with Crippen LogP contribution in [-0.2, 0) is 10.0 Å². The Bertz CT molecular complexity index is 1090. The Hall–Kier alpha value is -2.97. The van der Waals surface area contributed by atoms with Crippen molar-refractivity contribution >= 4 is 38.9 Å². The highest BCUT2D eigenvalue weighted by atomic mass is 35.5. The maximum absolute atomic E-state index is 12.6. The van der Waals surface area contributed by atoms with Gasteiger partial charge in [-0.1, -0.05) is 29.8 Å². The number of anilines is 2. The summed E-state index contributed by atoms with van der Waals surface area (Å²) < 4.78 is 27.6. The van der Waals surface area contributed by atoms with Gasteiger partial charge >= 0.3 is 0 Å². The molecule has 27 heavy (non-hydrogen) atoms. The number of hydrogen-bond acceptors (Lipinski definition) is 5. The van der Waals surface area contributed by atoms with Crippen LogP contribution in [0.25, 0.3) is 0 Å². The molecular weight excluding hydrogens is 388 g/mol. The second-order valence-corrected chi connectivity index (χ2v) is 7.70. The lowest BCUT2D eigenvalue weighted by Gasteiger charge is -2.11. The van der Waals surface area contributed by atoms with Gasteiger partial charge in [-0.2, -0.15) is 0 Å². The molecule has 7 nitrogen and oxygen atoms in total. The van der Waals surface area contributed by atoms with Crippen molar-refractivity contribution in [2.75, 3.05) is 10.0 Å². The van der Waals surface area contributed by atoms with E-state index < -0.39 is 15.9 Å². The number of aromatic nitrogens is 2. The molecule has 0 bridgehead atoms. The smallest absolute Gasteiger partial charge is 0.275 e. The van der Waals surface area contributed by atoms with E-state index in [1.807, 2.05) is 0 Å². The molecular formula is C18H15ClN4O3S. The van der Waals surface area contributed by atoms with Crippen molar-refractivity contribution in [3.8, 4) is 0 Å². The molecule has 138 valence electrons. The van der Waals surface area contributed by atoms with Crippen molar-refractivity contribution in [3.63, 3.8) is 0 Å². The number of benzene rings is 2. The Morgan fingerprint density at radius 3 is 2.52 bits per heavy atom. The first-order chi connectivity index (χ1) is 12.8. The summed E-state index contributed by atoms with van der Waals surface area (Å²) in [5.41, 5.74) is 1.39. The van der Waals surface area contributed by atoms with Crippen LogP contribution in [0.3, 0.4) is 0 Å². The summed E-state index contributed by atoms with van der Waals surface area (Å²) in [7, 11) is -3.88. The van der Waals surface area contributed by atoms with Crippen molar-refractivity contribution < 1.29 is 13.2 Å². The summed E-state index contributed by atoms with van der Waals surface area (Å²) in [6.07, 6.45) is 2.83. The molecule has 0 aliphatic carbocycles. The highest BCUT2D eigenvalue weighted by molar-refractivity contribution is 7.92. The second-order valence-electron chi connectivity index (χ2n) is 5.61. The fourth-order valence-corrected chi connectivity index (χ4v) is 3.56. The number of amides is 1. The second kappa shape index (κ2) is 7.73. The first-order valence-electron chi connectivity index (χ1n) is 7.82. The lowest BCUT2D eigenvalue weighted by Crippen LogP contribution is -2.16. The van der Waals surface area contributed by atoms with Crippen molar-refractivity contribution in [2.24, 2.45) is 0 Å². The largest absolute Gasteiger partial charge is 0.321 e. The molecule has 0 saturated carbocycles. The standard InChI is InChI=1S/C18H15ClN4O3S/c1-12-10-21-17(11-20-12)18(24)22-13-5-4-6-14(9-13)27(25,26)23-16-8-3-2-7-15(16)19/h2-11,23H,1H3,(H,22,24). The van der Waals surface area contributed by atoms with Crippen LogP contribution >= 0.6 is 11.6 Å². The molecule has 0 aliphatic rings. The van der Waals surface area contributed by atoms with Crippen LogP contribution in [0.1, 0.15) is 16.2 Å². The van der Waals surface area contributed by atoms with E-state index in [9.17, 15) is 13.2 Å². The number of sulfonamides is 1. The molecule has 1 amide bonds. The minimum Gasteiger partial charge on any atom is -0.321 e. The fourth-order valence-electron chi connectivity index (χ4n) is 2.19. The number of halogens is 1. The fraction of sp³-hybridized carbons (Fsp3) is 0.0556. The first-order valence-corrected chi connectivity index (χ1v) is 9.69. The third kappa shape index (κ3) is 4.60. The molecule has 3 aromatic rings. The summed E-state index contributed by atoms with van der Waals surface area (Å²) >= 11 is 6.00. The van der Waals surface area contributed by atoms with Gasteiger partial charge in [0.25, 0.3) is 15.9 Å². The summed E-state index contributed by atoms with van der Waals surface area (Å²) in [6.45, 7) is 1.76. The molecule has 0 fully saturated rings. The average Bonchev–Trinajstić information content (AvgIpc) is 2.64. The zero-order chi connectivity index (χ0) is 19.4. The molecule has 2 N–H and O–H groups in total. The van der Waals surface area contributed by atoms with Gasteiger partial charge in [0.15, 0.2) is 0 Å². The third-order valence-corrected chi connectivity index (χ3v) is 5.23. The topological polar surface area (TPSA) is 101 Å². The number of hydrogen-bond donors (Lipinski definition) is 2. The van der Waals surface area contributed by atoms with Gasteiger partial charge < -0.3 is 5.32 Å². The molecule has 0 radical (unpaired) electrons. The monoisotopic (exact) mass is 402 g/mol. The van der Waals surface area contributed by atoms with Crippen LogP contribution in [-0.4, -0.2) is 24.3 Å². The number of aryl methyl sites for hydroxylation is 1. The molecule has 0 saturated heterocycles. The van der Waals surface area contributed by atoms with Gasteiger partial charge in [0, 0.05) is 11.9 Å². The number of para-hydroxylation sites is 1. The molecule has 3 rings (SSSR count). The van der Waals surface area contributed by atoms with Gasteiger partial charge in [0.1, 0.15) is 5.69 Å². The SMILES string of the molecule is Cc1cnc(C(=O)Nc2cccc(S(=O)(=O)Nc3ccccc3Cl)c2)cn1. The summed E-state index contributed by atoms with van der Waals surface area (Å²) in [4.78, 5) is 20.2. The molecule has 0 aliphatic heterocycles. The van der Waals surface area contributed by atoms with E-state index in [0.29, 0.717) is 11.4 Å². The first kappa shape index (κ1) is 18.8. The van der Waals surface area contributed by atoms with E-state index >= 15 is 0 Å². The zero-order valence-electron chi connectivity index (χ0n) is 14.2. The van der Waals surface area contributed by atoms with Crippen LogP contribution in [0.15, 0.2) is 65.8 Å². The Kier molecular flexibility index (Phi) is 5.38. The van der Waals surface area contributed by atoms with Crippen LogP contribution in [0, 0.1) is 6.92 Å². The Morgan fingerprint density at radius 1 is 1.04 bits per heavy atom. The minimum absolute atomic E-state index is 0.0183. The predicted octanol–water partition coefficient (Wildman–Crippen LogP) is 3.49. The molecule has 2 aromatic carbocycles. The quantitative estimate of drug-likeness (QED) is 0.680. The number of carbonyl (C=O) groups is 1. The summed E-state index contributed by atoms with van der Waals surface area (Å²) in [6, 6.07) is 12.4. The van der Waals surface area contributed by atoms with Gasteiger partial charge in [-0.3, -0.25) is 14.5 Å². The Balaban J connectivity index is 1.81. The van der Waals surface area contributed by atoms with Crippen molar-refractivity contribution in [1.29, 1.82) is 0 Å². The van der Waals surface area contributed by atoms with E-state index in [0.717, 1.165) is 0 Å². The number of rotatable bonds is 5. The van der Waals surface area contributed by atoms with Crippen molar-refractivity contribution in [3.05, 3.63) is 77.3 Å². The van der Waals surface area contributed by atoms with Crippen LogP contribution < -0.4 is 10.0 Å². The van der Waals surface area contributed by atoms with E-state index in [-0.39, 0.29) is 21.3 Å².